The van der Waals surface area contributed by atoms with E-state index in [-0.39, 0.29) is 30.9 Å². The number of benzene rings is 3. The average molecular weight is 500 g/mol. The molecule has 1 aliphatic rings. The number of nitrogens with one attached hydrogen (secondary N) is 2. The molecule has 1 atom stereocenters. The molecule has 5 rings (SSSR count). The number of para-hydroxylation sites is 3. The van der Waals surface area contributed by atoms with E-state index in [0.717, 1.165) is 22.0 Å². The maximum Gasteiger partial charge on any atom is 0.265 e. The summed E-state index contributed by atoms with van der Waals surface area (Å²) in [4.78, 5) is 30.4. The third kappa shape index (κ3) is 4.95. The fourth-order valence-corrected chi connectivity index (χ4v) is 4.71. The lowest BCUT2D eigenvalue weighted by atomic mass is 9.90. The van der Waals surface area contributed by atoms with Gasteiger partial charge in [0.25, 0.3) is 5.91 Å². The van der Waals surface area contributed by atoms with Crippen LogP contribution in [0.4, 0.5) is 5.69 Å². The molecule has 2 heterocycles. The Balaban J connectivity index is 1.41. The Morgan fingerprint density at radius 1 is 1.11 bits per heavy atom. The van der Waals surface area contributed by atoms with E-state index < -0.39 is 0 Å². The Labute approximate surface area is 215 Å². The maximum atomic E-state index is 13.1. The van der Waals surface area contributed by atoms with Crippen molar-refractivity contribution in [3.8, 4) is 17.2 Å². The maximum absolute atomic E-state index is 13.1. The Morgan fingerprint density at radius 3 is 2.76 bits per heavy atom. The molecule has 0 saturated heterocycles. The smallest absolute Gasteiger partial charge is 0.265 e. The quantitative estimate of drug-likeness (QED) is 0.359. The number of anilines is 1. The van der Waals surface area contributed by atoms with Crippen LogP contribution in [0.5, 0.6) is 17.2 Å². The zero-order valence-electron chi connectivity index (χ0n) is 20.8. The minimum Gasteiger partial charge on any atom is -0.493 e. The largest absolute Gasteiger partial charge is 0.493 e. The summed E-state index contributed by atoms with van der Waals surface area (Å²) in [6, 6.07) is 21.1. The van der Waals surface area contributed by atoms with Gasteiger partial charge in [-0.25, -0.2) is 0 Å². The Morgan fingerprint density at radius 2 is 1.92 bits per heavy atom. The fourth-order valence-electron chi connectivity index (χ4n) is 4.71. The van der Waals surface area contributed by atoms with Gasteiger partial charge in [0.15, 0.2) is 18.1 Å². The van der Waals surface area contributed by atoms with E-state index in [9.17, 15) is 9.59 Å². The predicted molar refractivity (Wildman–Crippen MR) is 142 cm³/mol. The van der Waals surface area contributed by atoms with Crippen molar-refractivity contribution in [1.82, 2.24) is 10.3 Å². The average Bonchev–Trinajstić information content (AvgIpc) is 3.35. The van der Waals surface area contributed by atoms with E-state index in [1.807, 2.05) is 61.7 Å². The van der Waals surface area contributed by atoms with Gasteiger partial charge in [0, 0.05) is 29.6 Å². The molecule has 2 amide bonds. The summed E-state index contributed by atoms with van der Waals surface area (Å²) in [6.45, 7) is 2.61. The number of nitrogens with zero attached hydrogens (tertiary/aromatic N) is 1. The molecule has 0 radical (unpaired) electrons. The van der Waals surface area contributed by atoms with E-state index in [1.165, 1.54) is 4.90 Å². The SMILES string of the molecule is CCOc1ccc(C(CNC(=O)CN2C(=O)COc3ccccc32)c2c[nH]c3ccccc23)cc1OC. The second-order valence-corrected chi connectivity index (χ2v) is 8.73. The third-order valence-corrected chi connectivity index (χ3v) is 6.50. The van der Waals surface area contributed by atoms with Gasteiger partial charge in [-0.15, -0.1) is 0 Å². The van der Waals surface area contributed by atoms with E-state index in [0.29, 0.717) is 36.1 Å². The highest BCUT2D eigenvalue weighted by Crippen LogP contribution is 2.36. The van der Waals surface area contributed by atoms with Gasteiger partial charge in [0.2, 0.25) is 5.91 Å². The number of fused-ring (bicyclic) bond motifs is 2. The first-order valence-electron chi connectivity index (χ1n) is 12.2. The number of rotatable bonds is 9. The molecule has 1 aromatic heterocycles. The van der Waals surface area contributed by atoms with Crippen LogP contribution < -0.4 is 24.4 Å². The standard InChI is InChI=1S/C29H29N3O5/c1-3-36-26-13-12-19(14-27(26)35-2)21(22-16-30-23-9-5-4-8-20(22)23)15-31-28(33)17-32-24-10-6-7-11-25(24)37-18-29(32)34/h4-14,16,21,30H,3,15,17-18H2,1-2H3,(H,31,33). The molecule has 0 fully saturated rings. The normalized spacial score (nSPS) is 13.6. The highest BCUT2D eigenvalue weighted by Gasteiger charge is 2.28. The minimum absolute atomic E-state index is 0.0891. The van der Waals surface area contributed by atoms with Gasteiger partial charge in [-0.3, -0.25) is 14.5 Å². The molecular formula is C29H29N3O5. The van der Waals surface area contributed by atoms with Crippen molar-refractivity contribution in [3.63, 3.8) is 0 Å². The lowest BCUT2D eigenvalue weighted by Crippen LogP contribution is -2.45. The van der Waals surface area contributed by atoms with Crippen LogP contribution >= 0.6 is 0 Å². The van der Waals surface area contributed by atoms with Crippen LogP contribution in [0.3, 0.4) is 0 Å². The Bertz CT molecular complexity index is 1430. The van der Waals surface area contributed by atoms with E-state index in [2.05, 4.69) is 16.4 Å². The number of methoxy groups -OCH3 is 1. The molecule has 1 aliphatic heterocycles. The summed E-state index contributed by atoms with van der Waals surface area (Å²) in [5.74, 6) is 1.21. The van der Waals surface area contributed by atoms with Crippen LogP contribution in [-0.4, -0.2) is 50.2 Å². The molecule has 3 aromatic carbocycles. The van der Waals surface area contributed by atoms with Gasteiger partial charge in [-0.2, -0.15) is 0 Å². The number of amides is 2. The zero-order chi connectivity index (χ0) is 25.8. The van der Waals surface area contributed by atoms with Crippen molar-refractivity contribution in [2.24, 2.45) is 0 Å². The van der Waals surface area contributed by atoms with Crippen LogP contribution in [0, 0.1) is 0 Å². The monoisotopic (exact) mass is 499 g/mol. The number of aromatic amines is 1. The van der Waals surface area contributed by atoms with Crippen LogP contribution in [0.1, 0.15) is 24.0 Å². The summed E-state index contributed by atoms with van der Waals surface area (Å²) in [5.41, 5.74) is 3.63. The van der Waals surface area contributed by atoms with Gasteiger partial charge < -0.3 is 24.5 Å². The summed E-state index contributed by atoms with van der Waals surface area (Å²) < 4.78 is 16.8. The van der Waals surface area contributed by atoms with E-state index >= 15 is 0 Å². The first-order valence-corrected chi connectivity index (χ1v) is 12.2. The molecule has 8 nitrogen and oxygen atoms in total. The molecule has 0 bridgehead atoms. The molecule has 37 heavy (non-hydrogen) atoms. The third-order valence-electron chi connectivity index (χ3n) is 6.50. The van der Waals surface area contributed by atoms with E-state index in [4.69, 9.17) is 14.2 Å². The summed E-state index contributed by atoms with van der Waals surface area (Å²) >= 11 is 0. The van der Waals surface area contributed by atoms with Crippen molar-refractivity contribution in [2.75, 3.05) is 38.3 Å². The van der Waals surface area contributed by atoms with Crippen molar-refractivity contribution in [1.29, 1.82) is 0 Å². The Kier molecular flexibility index (Phi) is 6.98. The highest BCUT2D eigenvalue weighted by molar-refractivity contribution is 6.02. The molecule has 4 aromatic rings. The van der Waals surface area contributed by atoms with Crippen LogP contribution in [0.2, 0.25) is 0 Å². The van der Waals surface area contributed by atoms with E-state index in [1.54, 1.807) is 19.2 Å². The van der Waals surface area contributed by atoms with Crippen molar-refractivity contribution >= 4 is 28.4 Å². The lowest BCUT2D eigenvalue weighted by Gasteiger charge is -2.29. The molecule has 0 spiro atoms. The van der Waals surface area contributed by atoms with Crippen LogP contribution in [-0.2, 0) is 9.59 Å². The lowest BCUT2D eigenvalue weighted by molar-refractivity contribution is -0.125. The number of hydrogen-bond donors (Lipinski definition) is 2. The molecule has 2 N–H and O–H groups in total. The number of aromatic nitrogens is 1. The summed E-state index contributed by atoms with van der Waals surface area (Å²) in [6.07, 6.45) is 1.98. The molecule has 8 heteroatoms. The molecule has 190 valence electrons. The van der Waals surface area contributed by atoms with Gasteiger partial charge in [0.1, 0.15) is 12.3 Å². The number of carbonyl (C=O) groups is 2. The predicted octanol–water partition coefficient (Wildman–Crippen LogP) is 4.25. The minimum atomic E-state index is -0.257. The van der Waals surface area contributed by atoms with Gasteiger partial charge >= 0.3 is 0 Å². The number of hydrogen-bond acceptors (Lipinski definition) is 5. The molecule has 1 unspecified atom stereocenters. The second kappa shape index (κ2) is 10.7. The van der Waals surface area contributed by atoms with Crippen molar-refractivity contribution in [3.05, 3.63) is 84.1 Å². The zero-order valence-corrected chi connectivity index (χ0v) is 20.8. The number of H-pyrrole nitrogens is 1. The highest BCUT2D eigenvalue weighted by atomic mass is 16.5. The first-order chi connectivity index (χ1) is 18.1. The van der Waals surface area contributed by atoms with Gasteiger partial charge in [-0.1, -0.05) is 36.4 Å². The van der Waals surface area contributed by atoms with Crippen LogP contribution in [0.25, 0.3) is 10.9 Å². The first kappa shape index (κ1) is 24.2. The molecule has 0 aliphatic carbocycles. The number of ether oxygens (including phenoxy) is 3. The van der Waals surface area contributed by atoms with Gasteiger partial charge in [0.05, 0.1) is 19.4 Å². The van der Waals surface area contributed by atoms with Crippen LogP contribution in [0.15, 0.2) is 72.9 Å². The summed E-state index contributed by atoms with van der Waals surface area (Å²) in [7, 11) is 1.61. The molecule has 0 saturated carbocycles. The van der Waals surface area contributed by atoms with Crippen molar-refractivity contribution < 1.29 is 23.8 Å². The second-order valence-electron chi connectivity index (χ2n) is 8.73. The summed E-state index contributed by atoms with van der Waals surface area (Å²) in [5, 5.41) is 4.13. The Hall–Kier alpha value is -4.46. The van der Waals surface area contributed by atoms with Gasteiger partial charge in [-0.05, 0) is 48.4 Å². The topological polar surface area (TPSA) is 92.9 Å². The molecular weight excluding hydrogens is 470 g/mol. The number of carbonyl (C=O) groups excluding carboxylic acids is 2. The fraction of sp³-hybridized carbons (Fsp3) is 0.241. The van der Waals surface area contributed by atoms with Crippen molar-refractivity contribution in [2.45, 2.75) is 12.8 Å².